The van der Waals surface area contributed by atoms with Crippen molar-refractivity contribution in [2.45, 2.75) is 25.9 Å². The molecule has 1 amide bonds. The lowest BCUT2D eigenvalue weighted by molar-refractivity contribution is 0.0949. The molecule has 4 rings (SSSR count). The quantitative estimate of drug-likeness (QED) is 0.476. The predicted octanol–water partition coefficient (Wildman–Crippen LogP) is 5.49. The van der Waals surface area contributed by atoms with Gasteiger partial charge in [0, 0.05) is 30.3 Å². The van der Waals surface area contributed by atoms with Crippen LogP contribution < -0.4 is 15.0 Å². The lowest BCUT2D eigenvalue weighted by Crippen LogP contribution is -2.33. The van der Waals surface area contributed by atoms with Gasteiger partial charge in [0.15, 0.2) is 0 Å². The van der Waals surface area contributed by atoms with E-state index in [9.17, 15) is 4.79 Å². The van der Waals surface area contributed by atoms with Crippen LogP contribution in [0.1, 0.15) is 34.3 Å². The maximum absolute atomic E-state index is 12.8. The lowest BCUT2D eigenvalue weighted by Gasteiger charge is -2.31. The number of aryl methyl sites for hydroxylation is 1. The summed E-state index contributed by atoms with van der Waals surface area (Å²) in [6.45, 7) is 2.99. The molecule has 1 aliphatic heterocycles. The van der Waals surface area contributed by atoms with Crippen molar-refractivity contribution in [2.24, 2.45) is 0 Å². The maximum atomic E-state index is 12.8. The van der Waals surface area contributed by atoms with Gasteiger partial charge in [0.25, 0.3) is 5.91 Å². The average molecular weight is 435 g/mol. The van der Waals surface area contributed by atoms with Gasteiger partial charge in [-0.3, -0.25) is 4.79 Å². The first-order valence-electron chi connectivity index (χ1n) is 10.8. The van der Waals surface area contributed by atoms with E-state index in [1.54, 1.807) is 18.2 Å². The Morgan fingerprint density at radius 3 is 2.71 bits per heavy atom. The highest BCUT2D eigenvalue weighted by atomic mass is 35.5. The Hall–Kier alpha value is -2.98. The molecular weight excluding hydrogens is 408 g/mol. The van der Waals surface area contributed by atoms with Crippen LogP contribution in [0, 0.1) is 0 Å². The molecule has 4 nitrogen and oxygen atoms in total. The fourth-order valence-electron chi connectivity index (χ4n) is 3.95. The summed E-state index contributed by atoms with van der Waals surface area (Å²) in [5.41, 5.74) is 4.25. The molecule has 1 N–H and O–H groups in total. The van der Waals surface area contributed by atoms with Gasteiger partial charge < -0.3 is 15.0 Å². The fourth-order valence-corrected chi connectivity index (χ4v) is 4.12. The van der Waals surface area contributed by atoms with Gasteiger partial charge in [-0.05, 0) is 54.7 Å². The second kappa shape index (κ2) is 10.4. The molecule has 5 heteroatoms. The summed E-state index contributed by atoms with van der Waals surface area (Å²) in [6.07, 6.45) is 3.19. The third-order valence-electron chi connectivity index (χ3n) is 5.52. The zero-order chi connectivity index (χ0) is 21.5. The number of ether oxygens (including phenoxy) is 1. The monoisotopic (exact) mass is 434 g/mol. The molecule has 0 atom stereocenters. The minimum atomic E-state index is -0.162. The second-order valence-electron chi connectivity index (χ2n) is 7.74. The third-order valence-corrected chi connectivity index (χ3v) is 5.76. The third kappa shape index (κ3) is 5.59. The topological polar surface area (TPSA) is 41.6 Å². The van der Waals surface area contributed by atoms with Gasteiger partial charge in [-0.25, -0.2) is 0 Å². The normalized spacial score (nSPS) is 12.9. The molecule has 0 saturated heterocycles. The van der Waals surface area contributed by atoms with Crippen molar-refractivity contribution in [1.82, 2.24) is 5.32 Å². The standard InChI is InChI=1S/C26H27ClN2O2/c27-22-13-14-25(31-19-20-8-2-1-3-9-20)23(18-22)26(30)28-15-7-17-29-16-6-11-21-10-4-5-12-24(21)29/h1-5,8-10,12-14,18H,6-7,11,15-17,19H2,(H,28,30). The van der Waals surface area contributed by atoms with E-state index >= 15 is 0 Å². The summed E-state index contributed by atoms with van der Waals surface area (Å²) >= 11 is 6.15. The van der Waals surface area contributed by atoms with Crippen LogP contribution in [0.3, 0.4) is 0 Å². The van der Waals surface area contributed by atoms with Gasteiger partial charge in [-0.15, -0.1) is 0 Å². The Balaban J connectivity index is 1.32. The largest absolute Gasteiger partial charge is 0.488 e. The molecule has 0 spiro atoms. The Morgan fingerprint density at radius 1 is 1.03 bits per heavy atom. The molecule has 0 radical (unpaired) electrons. The van der Waals surface area contributed by atoms with Crippen LogP contribution in [0.4, 0.5) is 5.69 Å². The van der Waals surface area contributed by atoms with E-state index in [0.717, 1.165) is 31.5 Å². The summed E-state index contributed by atoms with van der Waals surface area (Å²) < 4.78 is 5.91. The first kappa shape index (κ1) is 21.3. The Labute approximate surface area is 188 Å². The summed E-state index contributed by atoms with van der Waals surface area (Å²) in [6, 6.07) is 23.6. The number of benzene rings is 3. The maximum Gasteiger partial charge on any atom is 0.255 e. The minimum Gasteiger partial charge on any atom is -0.488 e. The van der Waals surface area contributed by atoms with E-state index < -0.39 is 0 Å². The highest BCUT2D eigenvalue weighted by Gasteiger charge is 2.17. The summed E-state index contributed by atoms with van der Waals surface area (Å²) in [5, 5.41) is 3.54. The van der Waals surface area contributed by atoms with E-state index in [0.29, 0.717) is 29.5 Å². The van der Waals surface area contributed by atoms with E-state index in [2.05, 4.69) is 34.5 Å². The first-order valence-corrected chi connectivity index (χ1v) is 11.2. The summed E-state index contributed by atoms with van der Waals surface area (Å²) in [5.74, 6) is 0.375. The molecule has 31 heavy (non-hydrogen) atoms. The molecule has 3 aromatic carbocycles. The van der Waals surface area contributed by atoms with Crippen LogP contribution in [0.25, 0.3) is 0 Å². The first-order chi connectivity index (χ1) is 15.2. The molecule has 1 heterocycles. The Morgan fingerprint density at radius 2 is 1.84 bits per heavy atom. The number of carbonyl (C=O) groups is 1. The van der Waals surface area contributed by atoms with Crippen LogP contribution in [0.15, 0.2) is 72.8 Å². The molecule has 0 fully saturated rings. The summed E-state index contributed by atoms with van der Waals surface area (Å²) in [4.78, 5) is 15.2. The zero-order valence-corrected chi connectivity index (χ0v) is 18.3. The molecule has 160 valence electrons. The van der Waals surface area contributed by atoms with Gasteiger partial charge in [-0.2, -0.15) is 0 Å². The van der Waals surface area contributed by atoms with E-state index in [1.165, 1.54) is 17.7 Å². The van der Waals surface area contributed by atoms with Gasteiger partial charge in [0.05, 0.1) is 5.56 Å². The molecule has 0 aromatic heterocycles. The van der Waals surface area contributed by atoms with Crippen molar-refractivity contribution in [2.75, 3.05) is 24.5 Å². The number of amides is 1. The summed E-state index contributed by atoms with van der Waals surface area (Å²) in [7, 11) is 0. The number of fused-ring (bicyclic) bond motifs is 1. The van der Waals surface area contributed by atoms with Crippen molar-refractivity contribution < 1.29 is 9.53 Å². The van der Waals surface area contributed by atoms with Crippen LogP contribution in [-0.2, 0) is 13.0 Å². The van der Waals surface area contributed by atoms with Crippen LogP contribution >= 0.6 is 11.6 Å². The molecule has 3 aromatic rings. The smallest absolute Gasteiger partial charge is 0.255 e. The molecular formula is C26H27ClN2O2. The van der Waals surface area contributed by atoms with Gasteiger partial charge in [0.2, 0.25) is 0 Å². The molecule has 0 aliphatic carbocycles. The van der Waals surface area contributed by atoms with Crippen molar-refractivity contribution in [3.63, 3.8) is 0 Å². The van der Waals surface area contributed by atoms with Crippen LogP contribution in [0.5, 0.6) is 5.75 Å². The molecule has 0 bridgehead atoms. The fraction of sp³-hybridized carbons (Fsp3) is 0.269. The highest BCUT2D eigenvalue weighted by molar-refractivity contribution is 6.31. The van der Waals surface area contributed by atoms with Crippen LogP contribution in [-0.4, -0.2) is 25.5 Å². The molecule has 1 aliphatic rings. The number of para-hydroxylation sites is 1. The lowest BCUT2D eigenvalue weighted by atomic mass is 10.0. The van der Waals surface area contributed by atoms with Crippen molar-refractivity contribution in [3.8, 4) is 5.75 Å². The SMILES string of the molecule is O=C(NCCCN1CCCc2ccccc21)c1cc(Cl)ccc1OCc1ccccc1. The number of hydrogen-bond donors (Lipinski definition) is 1. The van der Waals surface area contributed by atoms with Crippen LogP contribution in [0.2, 0.25) is 5.02 Å². The molecule has 0 saturated carbocycles. The average Bonchev–Trinajstić information content (AvgIpc) is 2.81. The van der Waals surface area contributed by atoms with Gasteiger partial charge in [0.1, 0.15) is 12.4 Å². The van der Waals surface area contributed by atoms with Gasteiger partial charge >= 0.3 is 0 Å². The predicted molar refractivity (Wildman–Crippen MR) is 126 cm³/mol. The van der Waals surface area contributed by atoms with E-state index in [4.69, 9.17) is 16.3 Å². The van der Waals surface area contributed by atoms with Crippen molar-refractivity contribution >= 4 is 23.2 Å². The molecule has 0 unspecified atom stereocenters. The zero-order valence-electron chi connectivity index (χ0n) is 17.5. The number of carbonyl (C=O) groups excluding carboxylic acids is 1. The van der Waals surface area contributed by atoms with Gasteiger partial charge in [-0.1, -0.05) is 60.1 Å². The highest BCUT2D eigenvalue weighted by Crippen LogP contribution is 2.27. The number of anilines is 1. The van der Waals surface area contributed by atoms with E-state index in [-0.39, 0.29) is 5.91 Å². The Kier molecular flexibility index (Phi) is 7.11. The van der Waals surface area contributed by atoms with Crippen molar-refractivity contribution in [3.05, 3.63) is 94.5 Å². The number of halogens is 1. The Bertz CT molecular complexity index is 1020. The number of hydrogen-bond acceptors (Lipinski definition) is 3. The number of nitrogens with one attached hydrogen (secondary N) is 1. The number of rotatable bonds is 8. The van der Waals surface area contributed by atoms with E-state index in [1.807, 2.05) is 30.3 Å². The number of nitrogens with zero attached hydrogens (tertiary/aromatic N) is 1. The minimum absolute atomic E-state index is 0.162. The second-order valence-corrected chi connectivity index (χ2v) is 8.18. The van der Waals surface area contributed by atoms with Crippen molar-refractivity contribution in [1.29, 1.82) is 0 Å².